The van der Waals surface area contributed by atoms with Gasteiger partial charge >= 0.3 is 0 Å². The lowest BCUT2D eigenvalue weighted by Gasteiger charge is -2.21. The average molecular weight is 448 g/mol. The standard InChI is InChI=1S/C22H29N3O5S/c1-5-12-30-20-11-10-18(14-21(20)29-6-2)15-23-24-22(26)16-25(31(4,27)28)19-9-7-8-17(3)13-19/h7-11,13-15H,5-6,12,16H2,1-4H3,(H,24,26)/b23-15-. The van der Waals surface area contributed by atoms with Crippen LogP contribution in [0.3, 0.4) is 0 Å². The molecule has 2 aromatic rings. The van der Waals surface area contributed by atoms with E-state index in [1.807, 2.05) is 26.8 Å². The summed E-state index contributed by atoms with van der Waals surface area (Å²) in [6.45, 7) is 6.44. The second-order valence-electron chi connectivity index (χ2n) is 6.89. The Morgan fingerprint density at radius 3 is 2.55 bits per heavy atom. The number of nitrogens with zero attached hydrogens (tertiary/aromatic N) is 2. The lowest BCUT2D eigenvalue weighted by molar-refractivity contribution is -0.119. The minimum absolute atomic E-state index is 0.381. The Morgan fingerprint density at radius 1 is 1.13 bits per heavy atom. The number of anilines is 1. The molecular weight excluding hydrogens is 418 g/mol. The molecule has 0 saturated carbocycles. The Bertz CT molecular complexity index is 1020. The summed E-state index contributed by atoms with van der Waals surface area (Å²) in [7, 11) is -3.64. The fraction of sp³-hybridized carbons (Fsp3) is 0.364. The smallest absolute Gasteiger partial charge is 0.260 e. The van der Waals surface area contributed by atoms with Gasteiger partial charge in [-0.3, -0.25) is 9.10 Å². The van der Waals surface area contributed by atoms with E-state index in [1.165, 1.54) is 6.21 Å². The predicted octanol–water partition coefficient (Wildman–Crippen LogP) is 3.10. The molecule has 0 unspecified atom stereocenters. The molecule has 0 atom stereocenters. The number of hydrogen-bond donors (Lipinski definition) is 1. The fourth-order valence-corrected chi connectivity index (χ4v) is 3.58. The highest BCUT2D eigenvalue weighted by Gasteiger charge is 2.20. The third-order valence-electron chi connectivity index (χ3n) is 4.11. The number of carbonyl (C=O) groups is 1. The summed E-state index contributed by atoms with van der Waals surface area (Å²) in [5, 5.41) is 3.94. The molecule has 1 amide bonds. The topological polar surface area (TPSA) is 97.3 Å². The first kappa shape index (κ1) is 24.2. The largest absolute Gasteiger partial charge is 0.490 e. The highest BCUT2D eigenvalue weighted by atomic mass is 32.2. The van der Waals surface area contributed by atoms with Gasteiger partial charge < -0.3 is 9.47 Å². The summed E-state index contributed by atoms with van der Waals surface area (Å²) >= 11 is 0. The first-order chi connectivity index (χ1) is 14.7. The van der Waals surface area contributed by atoms with Crippen molar-refractivity contribution >= 4 is 27.8 Å². The van der Waals surface area contributed by atoms with Gasteiger partial charge in [0.25, 0.3) is 5.91 Å². The predicted molar refractivity (Wildman–Crippen MR) is 123 cm³/mol. The van der Waals surface area contributed by atoms with E-state index in [0.29, 0.717) is 36.0 Å². The molecule has 0 heterocycles. The van der Waals surface area contributed by atoms with E-state index in [9.17, 15) is 13.2 Å². The summed E-state index contributed by atoms with van der Waals surface area (Å²) < 4.78 is 36.6. The summed E-state index contributed by atoms with van der Waals surface area (Å²) in [6.07, 6.45) is 3.40. The van der Waals surface area contributed by atoms with Crippen LogP contribution in [0.15, 0.2) is 47.6 Å². The van der Waals surface area contributed by atoms with Crippen LogP contribution >= 0.6 is 0 Å². The Morgan fingerprint density at radius 2 is 1.90 bits per heavy atom. The first-order valence-electron chi connectivity index (χ1n) is 10.0. The van der Waals surface area contributed by atoms with Crippen LogP contribution in [-0.4, -0.2) is 46.6 Å². The zero-order chi connectivity index (χ0) is 22.9. The van der Waals surface area contributed by atoms with Crippen molar-refractivity contribution in [3.05, 3.63) is 53.6 Å². The minimum atomic E-state index is -3.64. The van der Waals surface area contributed by atoms with E-state index >= 15 is 0 Å². The molecule has 0 aliphatic carbocycles. The molecule has 31 heavy (non-hydrogen) atoms. The van der Waals surface area contributed by atoms with Crippen molar-refractivity contribution in [1.82, 2.24) is 5.43 Å². The van der Waals surface area contributed by atoms with Crippen molar-refractivity contribution in [2.24, 2.45) is 5.10 Å². The number of sulfonamides is 1. The summed E-state index contributed by atoms with van der Waals surface area (Å²) in [5.74, 6) is 0.678. The van der Waals surface area contributed by atoms with Crippen LogP contribution in [0.1, 0.15) is 31.4 Å². The molecular formula is C22H29N3O5S. The highest BCUT2D eigenvalue weighted by molar-refractivity contribution is 7.92. The van der Waals surface area contributed by atoms with Gasteiger partial charge in [-0.15, -0.1) is 0 Å². The molecule has 0 aromatic heterocycles. The number of benzene rings is 2. The number of carbonyl (C=O) groups excluding carboxylic acids is 1. The molecule has 0 radical (unpaired) electrons. The van der Waals surface area contributed by atoms with Crippen molar-refractivity contribution in [3.63, 3.8) is 0 Å². The summed E-state index contributed by atoms with van der Waals surface area (Å²) in [5.41, 5.74) is 4.38. The van der Waals surface area contributed by atoms with Crippen LogP contribution in [0.2, 0.25) is 0 Å². The second kappa shape index (κ2) is 11.4. The molecule has 0 fully saturated rings. The Kier molecular flexibility index (Phi) is 8.87. The van der Waals surface area contributed by atoms with Crippen LogP contribution in [0.5, 0.6) is 11.5 Å². The fourth-order valence-electron chi connectivity index (χ4n) is 2.73. The summed E-state index contributed by atoms with van der Waals surface area (Å²) in [4.78, 5) is 12.3. The van der Waals surface area contributed by atoms with Crippen molar-refractivity contribution < 1.29 is 22.7 Å². The number of amides is 1. The molecule has 0 bridgehead atoms. The number of hydrazone groups is 1. The van der Waals surface area contributed by atoms with E-state index in [1.54, 1.807) is 36.4 Å². The second-order valence-corrected chi connectivity index (χ2v) is 8.80. The molecule has 168 valence electrons. The zero-order valence-corrected chi connectivity index (χ0v) is 19.1. The van der Waals surface area contributed by atoms with E-state index in [4.69, 9.17) is 9.47 Å². The van der Waals surface area contributed by atoms with Crippen molar-refractivity contribution in [2.45, 2.75) is 27.2 Å². The molecule has 8 nitrogen and oxygen atoms in total. The quantitative estimate of drug-likeness (QED) is 0.422. The van der Waals surface area contributed by atoms with Crippen LogP contribution in [-0.2, 0) is 14.8 Å². The van der Waals surface area contributed by atoms with Gasteiger partial charge in [0.05, 0.1) is 31.4 Å². The third kappa shape index (κ3) is 7.60. The molecule has 0 aliphatic rings. The monoisotopic (exact) mass is 447 g/mol. The molecule has 1 N–H and O–H groups in total. The third-order valence-corrected chi connectivity index (χ3v) is 5.25. The van der Waals surface area contributed by atoms with Crippen molar-refractivity contribution in [3.8, 4) is 11.5 Å². The van der Waals surface area contributed by atoms with E-state index in [2.05, 4.69) is 10.5 Å². The van der Waals surface area contributed by atoms with Crippen LogP contribution in [0, 0.1) is 6.92 Å². The molecule has 0 spiro atoms. The molecule has 2 aromatic carbocycles. The highest BCUT2D eigenvalue weighted by Crippen LogP contribution is 2.28. The molecule has 9 heteroatoms. The maximum Gasteiger partial charge on any atom is 0.260 e. The van der Waals surface area contributed by atoms with Gasteiger partial charge in [0.2, 0.25) is 10.0 Å². The molecule has 2 rings (SSSR count). The zero-order valence-electron chi connectivity index (χ0n) is 18.3. The van der Waals surface area contributed by atoms with Gasteiger partial charge in [-0.2, -0.15) is 5.10 Å². The van der Waals surface area contributed by atoms with Gasteiger partial charge in [0.15, 0.2) is 11.5 Å². The SMILES string of the molecule is CCCOc1ccc(/C=N\NC(=O)CN(c2cccc(C)c2)S(C)(=O)=O)cc1OCC. The van der Waals surface area contributed by atoms with Crippen LogP contribution < -0.4 is 19.2 Å². The molecule has 0 saturated heterocycles. The number of nitrogens with one attached hydrogen (secondary N) is 1. The number of rotatable bonds is 11. The lowest BCUT2D eigenvalue weighted by atomic mass is 10.2. The Labute approximate surface area is 183 Å². The van der Waals surface area contributed by atoms with E-state index in [0.717, 1.165) is 22.5 Å². The molecule has 0 aliphatic heterocycles. The van der Waals surface area contributed by atoms with Crippen molar-refractivity contribution in [1.29, 1.82) is 0 Å². The first-order valence-corrected chi connectivity index (χ1v) is 11.8. The maximum atomic E-state index is 12.3. The van der Waals surface area contributed by atoms with Gasteiger partial charge in [-0.25, -0.2) is 13.8 Å². The van der Waals surface area contributed by atoms with E-state index in [-0.39, 0.29) is 6.54 Å². The van der Waals surface area contributed by atoms with Crippen LogP contribution in [0.4, 0.5) is 5.69 Å². The number of aryl methyl sites for hydroxylation is 1. The Balaban J connectivity index is 2.07. The van der Waals surface area contributed by atoms with Crippen LogP contribution in [0.25, 0.3) is 0 Å². The Hall–Kier alpha value is -3.07. The summed E-state index contributed by atoms with van der Waals surface area (Å²) in [6, 6.07) is 12.3. The normalized spacial score (nSPS) is 11.4. The number of ether oxygens (including phenoxy) is 2. The van der Waals surface area contributed by atoms with Gasteiger partial charge in [-0.05, 0) is 61.7 Å². The lowest BCUT2D eigenvalue weighted by Crippen LogP contribution is -2.39. The minimum Gasteiger partial charge on any atom is -0.490 e. The van der Waals surface area contributed by atoms with Gasteiger partial charge in [-0.1, -0.05) is 19.1 Å². The van der Waals surface area contributed by atoms with E-state index < -0.39 is 15.9 Å². The van der Waals surface area contributed by atoms with Crippen molar-refractivity contribution in [2.75, 3.05) is 30.3 Å². The maximum absolute atomic E-state index is 12.3. The van der Waals surface area contributed by atoms with Gasteiger partial charge in [0, 0.05) is 0 Å². The average Bonchev–Trinajstić information content (AvgIpc) is 2.71. The number of hydrogen-bond acceptors (Lipinski definition) is 6. The van der Waals surface area contributed by atoms with Gasteiger partial charge in [0.1, 0.15) is 6.54 Å².